The van der Waals surface area contributed by atoms with Gasteiger partial charge in [-0.15, -0.1) is 0 Å². The van der Waals surface area contributed by atoms with Gasteiger partial charge in [-0.25, -0.2) is 0 Å². The summed E-state index contributed by atoms with van der Waals surface area (Å²) in [5.74, 6) is -1.73. The number of nitrogens with zero attached hydrogens (tertiary/aromatic N) is 2. The minimum Gasteiger partial charge on any atom is -0.369 e. The molecule has 0 spiro atoms. The molecule has 142 valence electrons. The Hall–Kier alpha value is -1.80. The van der Waals surface area contributed by atoms with Crippen LogP contribution in [0.3, 0.4) is 0 Å². The first-order chi connectivity index (χ1) is 11.5. The molecule has 25 heavy (non-hydrogen) atoms. The fraction of sp³-hybridized carbons (Fsp3) is 0.812. The van der Waals surface area contributed by atoms with E-state index in [-0.39, 0.29) is 37.0 Å². The highest BCUT2D eigenvalue weighted by molar-refractivity contribution is 5.88. The average molecular weight is 363 g/mol. The number of fused-ring (bicyclic) bond motifs is 1. The Morgan fingerprint density at radius 2 is 1.96 bits per heavy atom. The number of nitrogens with two attached hydrogens (primary N) is 1. The van der Waals surface area contributed by atoms with E-state index in [1.54, 1.807) is 4.90 Å². The highest BCUT2D eigenvalue weighted by Crippen LogP contribution is 2.36. The van der Waals surface area contributed by atoms with Crippen LogP contribution in [0.2, 0.25) is 0 Å². The molecule has 2 aliphatic rings. The molecule has 0 aromatic heterocycles. The van der Waals surface area contributed by atoms with Crippen molar-refractivity contribution in [3.8, 4) is 0 Å². The molecule has 2 saturated heterocycles. The number of hydrogen-bond donors (Lipinski definition) is 1. The van der Waals surface area contributed by atoms with Crippen LogP contribution in [0.25, 0.3) is 0 Å². The molecule has 3 atom stereocenters. The van der Waals surface area contributed by atoms with Gasteiger partial charge in [0.15, 0.2) is 0 Å². The van der Waals surface area contributed by atoms with Crippen molar-refractivity contribution >= 4 is 17.7 Å². The molecule has 0 bridgehead atoms. The minimum atomic E-state index is -4.41. The third-order valence-corrected chi connectivity index (χ3v) is 4.84. The van der Waals surface area contributed by atoms with Crippen molar-refractivity contribution in [3.05, 3.63) is 0 Å². The van der Waals surface area contributed by atoms with Crippen LogP contribution in [-0.2, 0) is 14.4 Å². The van der Waals surface area contributed by atoms with Crippen LogP contribution in [0.5, 0.6) is 0 Å². The largest absolute Gasteiger partial charge is 0.389 e. The smallest absolute Gasteiger partial charge is 0.369 e. The molecule has 0 radical (unpaired) electrons. The fourth-order valence-corrected chi connectivity index (χ4v) is 3.81. The molecule has 2 aliphatic heterocycles. The summed E-state index contributed by atoms with van der Waals surface area (Å²) in [5.41, 5.74) is 5.47. The maximum Gasteiger partial charge on any atom is 0.389 e. The summed E-state index contributed by atoms with van der Waals surface area (Å²) in [6.45, 7) is 3.87. The molecule has 2 N–H and O–H groups in total. The Bertz CT molecular complexity index is 550. The second-order valence-corrected chi connectivity index (χ2v) is 7.29. The third-order valence-electron chi connectivity index (χ3n) is 4.84. The number of piperazine rings is 1. The van der Waals surface area contributed by atoms with Crippen molar-refractivity contribution in [3.63, 3.8) is 0 Å². The standard InChI is InChI=1S/C16H24F3N3O3/c1-9(2)5-12-11(15(20)25)6-10-7-21(8-14(24)22(10)12)13(23)3-4-16(17,18)19/h9-12H,3-8H2,1-2H3,(H2,20,25)/t10-,11-,12-/m1/s1. The zero-order valence-electron chi connectivity index (χ0n) is 14.4. The van der Waals surface area contributed by atoms with Crippen LogP contribution in [0.1, 0.15) is 39.5 Å². The molecule has 9 heteroatoms. The van der Waals surface area contributed by atoms with Crippen LogP contribution in [0.15, 0.2) is 0 Å². The van der Waals surface area contributed by atoms with Crippen LogP contribution < -0.4 is 5.73 Å². The molecule has 0 aliphatic carbocycles. The molecule has 6 nitrogen and oxygen atoms in total. The van der Waals surface area contributed by atoms with Crippen molar-refractivity contribution in [2.24, 2.45) is 17.6 Å². The zero-order chi connectivity index (χ0) is 18.9. The predicted octanol–water partition coefficient (Wildman–Crippen LogP) is 1.29. The zero-order valence-corrected chi connectivity index (χ0v) is 14.4. The number of carbonyl (C=O) groups excluding carboxylic acids is 3. The summed E-state index contributed by atoms with van der Waals surface area (Å²) < 4.78 is 36.9. The number of primary amides is 1. The Kier molecular flexibility index (Phi) is 5.63. The van der Waals surface area contributed by atoms with Crippen molar-refractivity contribution in [1.29, 1.82) is 0 Å². The van der Waals surface area contributed by atoms with Gasteiger partial charge in [-0.05, 0) is 18.8 Å². The first kappa shape index (κ1) is 19.5. The van der Waals surface area contributed by atoms with E-state index in [1.165, 1.54) is 4.90 Å². The minimum absolute atomic E-state index is 0.154. The molecule has 0 saturated carbocycles. The summed E-state index contributed by atoms with van der Waals surface area (Å²) in [6.07, 6.45) is -5.31. The predicted molar refractivity (Wildman–Crippen MR) is 83.0 cm³/mol. The van der Waals surface area contributed by atoms with Gasteiger partial charge in [0.2, 0.25) is 17.7 Å². The number of halogens is 3. The summed E-state index contributed by atoms with van der Waals surface area (Å²) in [5, 5.41) is 0. The average Bonchev–Trinajstić information content (AvgIpc) is 2.82. The van der Waals surface area contributed by atoms with Crippen molar-refractivity contribution < 1.29 is 27.6 Å². The fourth-order valence-electron chi connectivity index (χ4n) is 3.81. The normalized spacial score (nSPS) is 27.0. The number of hydrogen-bond acceptors (Lipinski definition) is 3. The Morgan fingerprint density at radius 1 is 1.32 bits per heavy atom. The summed E-state index contributed by atoms with van der Waals surface area (Å²) in [4.78, 5) is 39.1. The second-order valence-electron chi connectivity index (χ2n) is 7.29. The third kappa shape index (κ3) is 4.64. The Morgan fingerprint density at radius 3 is 2.48 bits per heavy atom. The summed E-state index contributed by atoms with van der Waals surface area (Å²) >= 11 is 0. The molecule has 2 fully saturated rings. The Balaban J connectivity index is 2.09. The highest BCUT2D eigenvalue weighted by atomic mass is 19.4. The van der Waals surface area contributed by atoms with Gasteiger partial charge < -0.3 is 15.5 Å². The number of alkyl halides is 3. The molecular formula is C16H24F3N3O3. The monoisotopic (exact) mass is 363 g/mol. The van der Waals surface area contributed by atoms with Gasteiger partial charge in [0.25, 0.3) is 0 Å². The topological polar surface area (TPSA) is 83.7 Å². The maximum absolute atomic E-state index is 12.5. The van der Waals surface area contributed by atoms with Gasteiger partial charge in [-0.1, -0.05) is 13.8 Å². The van der Waals surface area contributed by atoms with Gasteiger partial charge in [0.1, 0.15) is 0 Å². The number of carbonyl (C=O) groups is 3. The first-order valence-electron chi connectivity index (χ1n) is 8.44. The summed E-state index contributed by atoms with van der Waals surface area (Å²) in [7, 11) is 0. The number of rotatable bonds is 5. The van der Waals surface area contributed by atoms with Crippen molar-refractivity contribution in [1.82, 2.24) is 9.80 Å². The lowest BCUT2D eigenvalue weighted by Gasteiger charge is -2.40. The van der Waals surface area contributed by atoms with Crippen LogP contribution >= 0.6 is 0 Å². The lowest BCUT2D eigenvalue weighted by Crippen LogP contribution is -2.58. The first-order valence-corrected chi connectivity index (χ1v) is 8.44. The van der Waals surface area contributed by atoms with Gasteiger partial charge >= 0.3 is 6.18 Å². The van der Waals surface area contributed by atoms with E-state index < -0.39 is 36.8 Å². The molecule has 0 aromatic rings. The molecule has 3 amide bonds. The molecule has 0 aromatic carbocycles. The van der Waals surface area contributed by atoms with E-state index in [4.69, 9.17) is 5.73 Å². The molecule has 2 rings (SSSR count). The van der Waals surface area contributed by atoms with Crippen molar-refractivity contribution in [2.45, 2.75) is 57.8 Å². The van der Waals surface area contributed by atoms with Gasteiger partial charge in [0.05, 0.1) is 24.9 Å². The second kappa shape index (κ2) is 7.21. The van der Waals surface area contributed by atoms with E-state index in [0.717, 1.165) is 0 Å². The van der Waals surface area contributed by atoms with Crippen LogP contribution in [0, 0.1) is 11.8 Å². The van der Waals surface area contributed by atoms with E-state index >= 15 is 0 Å². The van der Waals surface area contributed by atoms with E-state index in [9.17, 15) is 27.6 Å². The maximum atomic E-state index is 12.5. The van der Waals surface area contributed by atoms with E-state index in [2.05, 4.69) is 0 Å². The molecular weight excluding hydrogens is 339 g/mol. The van der Waals surface area contributed by atoms with Gasteiger partial charge in [0, 0.05) is 19.0 Å². The van der Waals surface area contributed by atoms with Crippen LogP contribution in [0.4, 0.5) is 13.2 Å². The van der Waals surface area contributed by atoms with Gasteiger partial charge in [-0.2, -0.15) is 13.2 Å². The van der Waals surface area contributed by atoms with E-state index in [0.29, 0.717) is 12.8 Å². The highest BCUT2D eigenvalue weighted by Gasteiger charge is 2.49. The lowest BCUT2D eigenvalue weighted by molar-refractivity contribution is -0.155. The molecule has 2 heterocycles. The van der Waals surface area contributed by atoms with E-state index in [1.807, 2.05) is 13.8 Å². The van der Waals surface area contributed by atoms with Crippen molar-refractivity contribution in [2.75, 3.05) is 13.1 Å². The number of amides is 3. The SMILES string of the molecule is CC(C)C[C@@H]1[C@H](C(N)=O)C[C@@H]2CN(C(=O)CCC(F)(F)F)CC(=O)N21. The quantitative estimate of drug-likeness (QED) is 0.799. The Labute approximate surface area is 144 Å². The van der Waals surface area contributed by atoms with Crippen LogP contribution in [-0.4, -0.2) is 58.9 Å². The molecule has 0 unspecified atom stereocenters. The summed E-state index contributed by atoms with van der Waals surface area (Å²) in [6, 6.07) is -0.667. The lowest BCUT2D eigenvalue weighted by atomic mass is 9.91. The van der Waals surface area contributed by atoms with Gasteiger partial charge in [-0.3, -0.25) is 14.4 Å².